The van der Waals surface area contributed by atoms with Gasteiger partial charge in [0.15, 0.2) is 6.79 Å². The zero-order chi connectivity index (χ0) is 42.4. The van der Waals surface area contributed by atoms with Gasteiger partial charge in [-0.05, 0) is 59.1 Å². The monoisotopic (exact) mass is 834 g/mol. The number of alkyl carbamates (subject to hydrolysis) is 1. The fourth-order valence-corrected chi connectivity index (χ4v) is 8.77. The molecule has 3 saturated heterocycles. The average Bonchev–Trinajstić information content (AvgIpc) is 4.15. The minimum Gasteiger partial charge on any atom is -0.453 e. The molecule has 14 nitrogen and oxygen atoms in total. The fourth-order valence-electron chi connectivity index (χ4n) is 8.77. The Morgan fingerprint density at radius 3 is 1.56 bits per heavy atom. The van der Waals surface area contributed by atoms with E-state index in [4.69, 9.17) is 24.2 Å². The summed E-state index contributed by atoms with van der Waals surface area (Å²) < 4.78 is 15.7. The second-order valence-corrected chi connectivity index (χ2v) is 15.9. The van der Waals surface area contributed by atoms with Crippen LogP contribution in [0, 0.1) is 0 Å². The fraction of sp³-hybridized carbons (Fsp3) is 0.312. The number of ether oxygens (including phenoxy) is 3. The van der Waals surface area contributed by atoms with E-state index in [1.54, 1.807) is 0 Å². The van der Waals surface area contributed by atoms with Crippen LogP contribution in [0.25, 0.3) is 33.6 Å². The van der Waals surface area contributed by atoms with Gasteiger partial charge >= 0.3 is 6.09 Å². The van der Waals surface area contributed by atoms with Crippen molar-refractivity contribution in [1.29, 1.82) is 0 Å². The van der Waals surface area contributed by atoms with Crippen molar-refractivity contribution < 1.29 is 28.6 Å². The lowest BCUT2D eigenvalue weighted by atomic mass is 10.0. The van der Waals surface area contributed by atoms with Gasteiger partial charge in [0.25, 0.3) is 0 Å². The number of H-pyrrole nitrogens is 2. The molecule has 0 unspecified atom stereocenters. The zero-order valence-electron chi connectivity index (χ0n) is 34.5. The van der Waals surface area contributed by atoms with Crippen molar-refractivity contribution in [3.05, 3.63) is 144 Å². The first-order chi connectivity index (χ1) is 30.4. The number of carbonyl (C=O) groups is 3. The van der Waals surface area contributed by atoms with Gasteiger partial charge in [-0.1, -0.05) is 109 Å². The highest BCUT2D eigenvalue weighted by Crippen LogP contribution is 2.36. The molecule has 0 spiro atoms. The third kappa shape index (κ3) is 9.03. The number of methoxy groups -OCH3 is 1. The lowest BCUT2D eigenvalue weighted by Gasteiger charge is -2.32. The van der Waals surface area contributed by atoms with E-state index in [0.29, 0.717) is 13.1 Å². The molecule has 14 heteroatoms. The van der Waals surface area contributed by atoms with Crippen LogP contribution < -0.4 is 10.6 Å². The van der Waals surface area contributed by atoms with Crippen LogP contribution in [-0.2, 0) is 23.8 Å². The van der Waals surface area contributed by atoms with Crippen LogP contribution in [0.4, 0.5) is 4.79 Å². The molecular weight excluding hydrogens is 785 g/mol. The number of amides is 3. The summed E-state index contributed by atoms with van der Waals surface area (Å²) in [5.41, 5.74) is 7.77. The van der Waals surface area contributed by atoms with Crippen LogP contribution in [0.15, 0.2) is 122 Å². The first-order valence-corrected chi connectivity index (χ1v) is 21.2. The van der Waals surface area contributed by atoms with Crippen LogP contribution >= 0.6 is 0 Å². The Labute approximate surface area is 360 Å². The lowest BCUT2D eigenvalue weighted by molar-refractivity contribution is -0.335. The van der Waals surface area contributed by atoms with Crippen LogP contribution in [0.3, 0.4) is 0 Å². The highest BCUT2D eigenvalue weighted by molar-refractivity contribution is 5.79. The number of hydrogen-bond donors (Lipinski definition) is 4. The summed E-state index contributed by atoms with van der Waals surface area (Å²) in [7, 11) is 1.31. The number of aromatic amines is 2. The van der Waals surface area contributed by atoms with Crippen LogP contribution in [0.5, 0.6) is 0 Å². The SMILES string of the molecule is COC(=O)N[C@@H](CC(=O)N1CCC[C@H]1c1ncc(-c2ccc(-c3ccc(-c4cnc([C@@H]5CCCN5C(=O)C[C@H](NC5OCO5)c5ccccc5)[nH]4)cc3)cc2)[nH]1)c1ccccc1. The number of carbonyl (C=O) groups excluding carboxylic acids is 3. The Morgan fingerprint density at radius 2 is 1.11 bits per heavy atom. The second kappa shape index (κ2) is 18.6. The van der Waals surface area contributed by atoms with Gasteiger partial charge in [-0.3, -0.25) is 14.9 Å². The van der Waals surface area contributed by atoms with E-state index in [1.165, 1.54) is 7.11 Å². The first kappa shape index (κ1) is 40.8. The predicted molar refractivity (Wildman–Crippen MR) is 232 cm³/mol. The maximum atomic E-state index is 13.8. The number of likely N-dealkylation sites (tertiary alicyclic amines) is 2. The molecule has 6 aromatic rings. The molecule has 0 saturated carbocycles. The van der Waals surface area contributed by atoms with E-state index in [2.05, 4.69) is 69.1 Å². The van der Waals surface area contributed by atoms with Crippen molar-refractivity contribution in [2.75, 3.05) is 27.0 Å². The summed E-state index contributed by atoms with van der Waals surface area (Å²) in [5, 5.41) is 6.14. The van der Waals surface area contributed by atoms with Crippen LogP contribution in [0.2, 0.25) is 0 Å². The Hall–Kier alpha value is -6.61. The van der Waals surface area contributed by atoms with E-state index in [0.717, 1.165) is 82.1 Å². The quantitative estimate of drug-likeness (QED) is 0.0852. The molecule has 3 aliphatic heterocycles. The van der Waals surface area contributed by atoms with Gasteiger partial charge in [0.1, 0.15) is 11.6 Å². The van der Waals surface area contributed by atoms with Crippen molar-refractivity contribution in [2.24, 2.45) is 0 Å². The molecule has 3 amide bonds. The van der Waals surface area contributed by atoms with E-state index in [1.807, 2.05) is 82.9 Å². The van der Waals surface area contributed by atoms with Crippen molar-refractivity contribution in [3.8, 4) is 33.6 Å². The third-order valence-corrected chi connectivity index (χ3v) is 12.1. The smallest absolute Gasteiger partial charge is 0.407 e. The number of nitrogens with one attached hydrogen (secondary N) is 4. The number of nitrogens with zero attached hydrogens (tertiary/aromatic N) is 4. The Morgan fingerprint density at radius 1 is 0.661 bits per heavy atom. The molecular formula is C48H50N8O6. The Balaban J connectivity index is 0.824. The predicted octanol–water partition coefficient (Wildman–Crippen LogP) is 7.96. The highest BCUT2D eigenvalue weighted by atomic mass is 16.9. The van der Waals surface area contributed by atoms with E-state index >= 15 is 0 Å². The molecule has 62 heavy (non-hydrogen) atoms. The molecule has 0 radical (unpaired) electrons. The summed E-state index contributed by atoms with van der Waals surface area (Å²) >= 11 is 0. The topological polar surface area (TPSA) is 167 Å². The van der Waals surface area contributed by atoms with Crippen molar-refractivity contribution >= 4 is 17.9 Å². The summed E-state index contributed by atoms with van der Waals surface area (Å²) in [5.74, 6) is 1.54. The summed E-state index contributed by atoms with van der Waals surface area (Å²) in [6.07, 6.45) is 6.39. The minimum atomic E-state index is -0.580. The summed E-state index contributed by atoms with van der Waals surface area (Å²) in [4.78, 5) is 59.9. The molecule has 318 valence electrons. The maximum Gasteiger partial charge on any atom is 0.407 e. The molecule has 5 heterocycles. The number of hydrogen-bond acceptors (Lipinski definition) is 9. The van der Waals surface area contributed by atoms with Crippen molar-refractivity contribution in [3.63, 3.8) is 0 Å². The van der Waals surface area contributed by atoms with Crippen LogP contribution in [0.1, 0.15) is 85.5 Å². The van der Waals surface area contributed by atoms with Gasteiger partial charge in [-0.25, -0.2) is 14.8 Å². The van der Waals surface area contributed by atoms with Gasteiger partial charge in [0, 0.05) is 25.6 Å². The van der Waals surface area contributed by atoms with E-state index in [9.17, 15) is 14.4 Å². The number of rotatable bonds is 14. The van der Waals surface area contributed by atoms with Gasteiger partial charge in [-0.2, -0.15) is 0 Å². The molecule has 0 bridgehead atoms. The third-order valence-electron chi connectivity index (χ3n) is 12.1. The zero-order valence-corrected chi connectivity index (χ0v) is 34.5. The molecule has 4 aromatic carbocycles. The lowest BCUT2D eigenvalue weighted by Crippen LogP contribution is -2.46. The number of aromatic nitrogens is 4. The maximum absolute atomic E-state index is 13.8. The van der Waals surface area contributed by atoms with Crippen LogP contribution in [-0.4, -0.2) is 81.0 Å². The number of imidazole rings is 2. The number of benzene rings is 4. The summed E-state index contributed by atoms with van der Waals surface area (Å²) in [6, 6.07) is 35.0. The first-order valence-electron chi connectivity index (χ1n) is 21.2. The van der Waals surface area contributed by atoms with E-state index in [-0.39, 0.29) is 49.6 Å². The Kier molecular flexibility index (Phi) is 12.2. The van der Waals surface area contributed by atoms with Crippen molar-refractivity contribution in [2.45, 2.75) is 69.1 Å². The van der Waals surface area contributed by atoms with Gasteiger partial charge in [0.2, 0.25) is 18.2 Å². The van der Waals surface area contributed by atoms with Crippen molar-refractivity contribution in [1.82, 2.24) is 40.4 Å². The molecule has 4 N–H and O–H groups in total. The minimum absolute atomic E-state index is 0.0561. The molecule has 9 rings (SSSR count). The van der Waals surface area contributed by atoms with E-state index < -0.39 is 18.5 Å². The molecule has 2 aromatic heterocycles. The van der Waals surface area contributed by atoms with Gasteiger partial charge in [0.05, 0.1) is 55.4 Å². The highest BCUT2D eigenvalue weighted by Gasteiger charge is 2.36. The average molecular weight is 835 g/mol. The molecule has 3 aliphatic rings. The Bertz CT molecular complexity index is 2450. The normalized spacial score (nSPS) is 18.6. The summed E-state index contributed by atoms with van der Waals surface area (Å²) in [6.45, 7) is 1.55. The second-order valence-electron chi connectivity index (χ2n) is 15.9. The standard InChI is InChI=1S/C48H50N8O6/c1-60-47(59)53-37(33-10-4-2-5-11-33)26-43(57)55-24-8-14-41(55)45-49-28-39(51-45)35-20-16-31(17-21-35)32-18-22-36(23-19-32)40-29-50-46(52-40)42-15-9-25-56(42)44(58)27-38(54-48-61-30-62-48)34-12-6-3-7-13-34/h2-7,10-13,16-23,28-29,37-38,41-42,48,54H,8-9,14-15,24-27,30H2,1H3,(H,49,51)(H,50,52)(H,53,59)/t37-,38-,41-,42-/m0/s1. The largest absolute Gasteiger partial charge is 0.453 e. The molecule has 4 atom stereocenters. The molecule has 3 fully saturated rings. The molecule has 0 aliphatic carbocycles. The van der Waals surface area contributed by atoms with Gasteiger partial charge < -0.3 is 39.3 Å². The van der Waals surface area contributed by atoms with Gasteiger partial charge in [-0.15, -0.1) is 0 Å².